The predicted octanol–water partition coefficient (Wildman–Crippen LogP) is 4.46. The summed E-state index contributed by atoms with van der Waals surface area (Å²) in [5.41, 5.74) is 0. The summed E-state index contributed by atoms with van der Waals surface area (Å²) in [5, 5.41) is 0.169. The maximum atomic E-state index is 11.0. The Morgan fingerprint density at radius 3 is 1.95 bits per heavy atom. The van der Waals surface area contributed by atoms with Crippen LogP contribution in [0, 0.1) is 0 Å². The predicted molar refractivity (Wildman–Crippen MR) is 87.3 cm³/mol. The van der Waals surface area contributed by atoms with Crippen molar-refractivity contribution in [3.63, 3.8) is 0 Å². The first-order chi connectivity index (χ1) is 9.03. The minimum atomic E-state index is -1.81. The van der Waals surface area contributed by atoms with Crippen LogP contribution in [0.1, 0.15) is 40.5 Å². The number of rotatable bonds is 8. The summed E-state index contributed by atoms with van der Waals surface area (Å²) in [6.07, 6.45) is 4.73. The molecule has 0 spiro atoms. The molecule has 0 saturated carbocycles. The highest BCUT2D eigenvalue weighted by molar-refractivity contribution is 6.74. The van der Waals surface area contributed by atoms with Gasteiger partial charge in [-0.1, -0.05) is 39.5 Å². The number of hydrogen-bond donors (Lipinski definition) is 0. The summed E-state index contributed by atoms with van der Waals surface area (Å²) in [7, 11) is -1.81. The van der Waals surface area contributed by atoms with Crippen LogP contribution in [0.4, 0.5) is 0 Å². The Morgan fingerprint density at radius 1 is 1.15 bits per heavy atom. The van der Waals surface area contributed by atoms with E-state index in [2.05, 4.69) is 47.0 Å². The quantitative estimate of drug-likeness (QED) is 0.377. The van der Waals surface area contributed by atoms with Gasteiger partial charge in [-0.15, -0.1) is 6.58 Å². The molecule has 0 saturated heterocycles. The van der Waals surface area contributed by atoms with Crippen LogP contribution in [-0.4, -0.2) is 26.5 Å². The zero-order valence-corrected chi connectivity index (χ0v) is 14.9. The Morgan fingerprint density at radius 2 is 1.60 bits per heavy atom. The van der Waals surface area contributed by atoms with E-state index in [4.69, 9.17) is 9.16 Å². The summed E-state index contributed by atoms with van der Waals surface area (Å²) < 4.78 is 11.5. The molecule has 1 unspecified atom stereocenters. The van der Waals surface area contributed by atoms with E-state index in [9.17, 15) is 4.79 Å². The van der Waals surface area contributed by atoms with Gasteiger partial charge in [0.05, 0.1) is 6.10 Å². The molecule has 0 bridgehead atoms. The van der Waals surface area contributed by atoms with Gasteiger partial charge >= 0.3 is 5.97 Å². The lowest BCUT2D eigenvalue weighted by Gasteiger charge is -2.38. The van der Waals surface area contributed by atoms with Gasteiger partial charge in [-0.25, -0.2) is 0 Å². The van der Waals surface area contributed by atoms with E-state index in [1.165, 1.54) is 6.92 Å². The third kappa shape index (κ3) is 6.53. The van der Waals surface area contributed by atoms with Crippen LogP contribution in [0.15, 0.2) is 25.3 Å². The molecule has 0 radical (unpaired) electrons. The molecule has 0 rings (SSSR count). The van der Waals surface area contributed by atoms with Crippen LogP contribution < -0.4 is 0 Å². The van der Waals surface area contributed by atoms with Crippen molar-refractivity contribution in [2.75, 3.05) is 0 Å². The first-order valence-electron chi connectivity index (χ1n) is 7.13. The van der Waals surface area contributed by atoms with Crippen molar-refractivity contribution in [2.45, 2.75) is 70.9 Å². The highest BCUT2D eigenvalue weighted by Gasteiger charge is 2.38. The molecule has 0 heterocycles. The summed E-state index contributed by atoms with van der Waals surface area (Å²) in [4.78, 5) is 11.0. The van der Waals surface area contributed by atoms with Crippen molar-refractivity contribution in [1.29, 1.82) is 0 Å². The van der Waals surface area contributed by atoms with Gasteiger partial charge in [0.2, 0.25) is 0 Å². The normalized spacial score (nSPS) is 15.3. The molecule has 0 aromatic heterocycles. The average Bonchev–Trinajstić information content (AvgIpc) is 2.30. The van der Waals surface area contributed by atoms with Crippen LogP contribution in [0.2, 0.25) is 18.1 Å². The van der Waals surface area contributed by atoms with Crippen molar-refractivity contribution >= 4 is 14.3 Å². The summed E-state index contributed by atoms with van der Waals surface area (Å²) >= 11 is 0. The molecular formula is C16H30O3Si. The number of hydrogen-bond acceptors (Lipinski definition) is 3. The van der Waals surface area contributed by atoms with Crippen LogP contribution in [0.5, 0.6) is 0 Å². The summed E-state index contributed by atoms with van der Waals surface area (Å²) in [6, 6.07) is 0. The minimum absolute atomic E-state index is 0.00565. The molecule has 20 heavy (non-hydrogen) atoms. The fraction of sp³-hybridized carbons (Fsp3) is 0.688. The Balaban J connectivity index is 4.53. The third-order valence-electron chi connectivity index (χ3n) is 3.83. The third-order valence-corrected chi connectivity index (χ3v) is 8.34. The molecule has 0 aliphatic carbocycles. The highest BCUT2D eigenvalue weighted by atomic mass is 28.4. The SMILES string of the molecule is C=CC(CC[C@@H](C=C)OC(C)=O)O[Si](C)(C)C(C)(C)C. The first kappa shape index (κ1) is 19.1. The molecular weight excluding hydrogens is 268 g/mol. The van der Waals surface area contributed by atoms with E-state index in [1.807, 2.05) is 6.08 Å². The molecule has 4 heteroatoms. The highest BCUT2D eigenvalue weighted by Crippen LogP contribution is 2.37. The lowest BCUT2D eigenvalue weighted by molar-refractivity contribution is -0.144. The van der Waals surface area contributed by atoms with Gasteiger partial charge in [0.15, 0.2) is 8.32 Å². The number of carbonyl (C=O) groups is 1. The zero-order chi connectivity index (χ0) is 16.0. The van der Waals surface area contributed by atoms with Crippen molar-refractivity contribution in [3.05, 3.63) is 25.3 Å². The smallest absolute Gasteiger partial charge is 0.303 e. The maximum Gasteiger partial charge on any atom is 0.303 e. The molecule has 2 atom stereocenters. The van der Waals surface area contributed by atoms with Crippen molar-refractivity contribution < 1.29 is 14.0 Å². The van der Waals surface area contributed by atoms with E-state index in [1.54, 1.807) is 6.08 Å². The molecule has 116 valence electrons. The largest absolute Gasteiger partial charge is 0.458 e. The molecule has 3 nitrogen and oxygen atoms in total. The fourth-order valence-electron chi connectivity index (χ4n) is 1.55. The number of esters is 1. The minimum Gasteiger partial charge on any atom is -0.458 e. The van der Waals surface area contributed by atoms with E-state index in [0.29, 0.717) is 6.42 Å². The second-order valence-corrected chi connectivity index (χ2v) is 11.4. The fourth-order valence-corrected chi connectivity index (χ4v) is 2.87. The molecule has 0 N–H and O–H groups in total. The second-order valence-electron chi connectivity index (χ2n) is 6.61. The van der Waals surface area contributed by atoms with E-state index in [-0.39, 0.29) is 23.2 Å². The lowest BCUT2D eigenvalue weighted by atomic mass is 10.1. The topological polar surface area (TPSA) is 35.5 Å². The van der Waals surface area contributed by atoms with Gasteiger partial charge in [0.25, 0.3) is 0 Å². The van der Waals surface area contributed by atoms with Crippen LogP contribution in [-0.2, 0) is 14.0 Å². The van der Waals surface area contributed by atoms with Crippen LogP contribution >= 0.6 is 0 Å². The number of ether oxygens (including phenoxy) is 1. The zero-order valence-electron chi connectivity index (χ0n) is 13.9. The first-order valence-corrected chi connectivity index (χ1v) is 10.0. The molecule has 0 aliphatic rings. The molecule has 0 fully saturated rings. The van der Waals surface area contributed by atoms with Crippen LogP contribution in [0.3, 0.4) is 0 Å². The maximum absolute atomic E-state index is 11.0. The molecule has 0 amide bonds. The van der Waals surface area contributed by atoms with Gasteiger partial charge < -0.3 is 9.16 Å². The standard InChI is InChI=1S/C16H30O3Si/c1-9-14(18-13(3)17)11-12-15(10-2)19-20(7,8)16(4,5)6/h9-10,14-15H,1-2,11-12H2,3-8H3/t14-,15?/m1/s1. The van der Waals surface area contributed by atoms with Gasteiger partial charge in [-0.05, 0) is 31.0 Å². The van der Waals surface area contributed by atoms with Crippen LogP contribution in [0.25, 0.3) is 0 Å². The Hall–Kier alpha value is -0.873. The Bertz CT molecular complexity index is 342. The molecule has 0 aromatic rings. The van der Waals surface area contributed by atoms with Gasteiger partial charge in [-0.3, -0.25) is 4.79 Å². The van der Waals surface area contributed by atoms with Gasteiger partial charge in [-0.2, -0.15) is 0 Å². The number of carbonyl (C=O) groups excluding carboxylic acids is 1. The van der Waals surface area contributed by atoms with Crippen molar-refractivity contribution in [3.8, 4) is 0 Å². The van der Waals surface area contributed by atoms with Crippen molar-refractivity contribution in [2.24, 2.45) is 0 Å². The van der Waals surface area contributed by atoms with E-state index in [0.717, 1.165) is 6.42 Å². The average molecular weight is 298 g/mol. The van der Waals surface area contributed by atoms with E-state index < -0.39 is 8.32 Å². The molecule has 0 aliphatic heterocycles. The van der Waals surface area contributed by atoms with Gasteiger partial charge in [0.1, 0.15) is 6.10 Å². The summed E-state index contributed by atoms with van der Waals surface area (Å²) in [6.45, 7) is 20.0. The Labute approximate surface area is 125 Å². The summed E-state index contributed by atoms with van der Waals surface area (Å²) in [5.74, 6) is -0.282. The lowest BCUT2D eigenvalue weighted by Crippen LogP contribution is -2.43. The monoisotopic (exact) mass is 298 g/mol. The van der Waals surface area contributed by atoms with Crippen molar-refractivity contribution in [1.82, 2.24) is 0 Å². The molecule has 0 aromatic carbocycles. The van der Waals surface area contributed by atoms with Gasteiger partial charge in [0, 0.05) is 6.92 Å². The second kappa shape index (κ2) is 7.79. The van der Waals surface area contributed by atoms with E-state index >= 15 is 0 Å². The Kier molecular flexibility index (Phi) is 7.45.